The zero-order valence-electron chi connectivity index (χ0n) is 15.6. The van der Waals surface area contributed by atoms with Crippen molar-refractivity contribution in [3.63, 3.8) is 0 Å². The second-order valence-corrected chi connectivity index (χ2v) is 5.81. The van der Waals surface area contributed by atoms with Gasteiger partial charge in [0.05, 0.1) is 25.1 Å². The number of hydrogen-bond donors (Lipinski definition) is 2. The molecule has 2 amide bonds. The summed E-state index contributed by atoms with van der Waals surface area (Å²) in [7, 11) is 1.57. The summed E-state index contributed by atoms with van der Waals surface area (Å²) in [5, 5.41) is 16.0. The molecule has 9 heteroatoms. The number of nitro groups is 1. The number of amides is 2. The Kier molecular flexibility index (Phi) is 7.32. The highest BCUT2D eigenvalue weighted by molar-refractivity contribution is 5.97. The monoisotopic (exact) mass is 387 g/mol. The van der Waals surface area contributed by atoms with Gasteiger partial charge in [0.1, 0.15) is 18.1 Å². The smallest absolute Gasteiger partial charge is 0.273 e. The Balaban J connectivity index is 1.72. The Bertz CT molecular complexity index is 851. The molecule has 0 heterocycles. The van der Waals surface area contributed by atoms with Gasteiger partial charge in [0.2, 0.25) is 5.91 Å². The Morgan fingerprint density at radius 3 is 2.39 bits per heavy atom. The molecule has 0 spiro atoms. The molecular formula is C19H21N3O6. The maximum absolute atomic E-state index is 12.1. The zero-order valence-corrected chi connectivity index (χ0v) is 15.6. The van der Waals surface area contributed by atoms with E-state index in [1.54, 1.807) is 38.3 Å². The number of rotatable bonds is 9. The summed E-state index contributed by atoms with van der Waals surface area (Å²) in [6.45, 7) is 1.86. The second kappa shape index (κ2) is 9.91. The summed E-state index contributed by atoms with van der Waals surface area (Å²) in [4.78, 5) is 34.2. The lowest BCUT2D eigenvalue weighted by Crippen LogP contribution is -2.38. The third kappa shape index (κ3) is 5.97. The van der Waals surface area contributed by atoms with Crippen LogP contribution in [0.2, 0.25) is 0 Å². The summed E-state index contributed by atoms with van der Waals surface area (Å²) in [6, 6.07) is 11.2. The summed E-state index contributed by atoms with van der Waals surface area (Å²) >= 11 is 0. The average Bonchev–Trinajstić information content (AvgIpc) is 2.70. The minimum Gasteiger partial charge on any atom is -0.497 e. The molecule has 2 aromatic rings. The molecule has 9 nitrogen and oxygen atoms in total. The van der Waals surface area contributed by atoms with Gasteiger partial charge in [-0.05, 0) is 37.3 Å². The molecule has 0 fully saturated rings. The average molecular weight is 387 g/mol. The fourth-order valence-corrected chi connectivity index (χ4v) is 2.30. The van der Waals surface area contributed by atoms with Crippen LogP contribution in [0.5, 0.6) is 11.5 Å². The minimum atomic E-state index is -0.562. The molecule has 0 radical (unpaired) electrons. The molecule has 0 bridgehead atoms. The summed E-state index contributed by atoms with van der Waals surface area (Å²) in [5.41, 5.74) is 0.428. The molecule has 0 saturated carbocycles. The lowest BCUT2D eigenvalue weighted by atomic mass is 10.1. The summed E-state index contributed by atoms with van der Waals surface area (Å²) in [6.07, 6.45) is 0. The topological polar surface area (TPSA) is 120 Å². The van der Waals surface area contributed by atoms with E-state index in [1.807, 2.05) is 0 Å². The molecule has 0 saturated heterocycles. The van der Waals surface area contributed by atoms with Crippen molar-refractivity contribution in [2.45, 2.75) is 6.92 Å². The molecule has 2 N–H and O–H groups in total. The van der Waals surface area contributed by atoms with E-state index in [0.29, 0.717) is 11.3 Å². The van der Waals surface area contributed by atoms with Crippen LogP contribution in [0.3, 0.4) is 0 Å². The van der Waals surface area contributed by atoms with E-state index >= 15 is 0 Å². The number of nitro benzene ring substituents is 1. The van der Waals surface area contributed by atoms with Crippen LogP contribution in [0.15, 0.2) is 42.5 Å². The Labute approximate surface area is 161 Å². The highest BCUT2D eigenvalue weighted by Crippen LogP contribution is 2.19. The van der Waals surface area contributed by atoms with E-state index in [0.717, 1.165) is 5.75 Å². The quantitative estimate of drug-likeness (QED) is 0.385. The second-order valence-electron chi connectivity index (χ2n) is 5.81. The molecule has 2 rings (SSSR count). The third-order valence-corrected chi connectivity index (χ3v) is 3.83. The molecule has 0 unspecified atom stereocenters. The van der Waals surface area contributed by atoms with E-state index < -0.39 is 16.7 Å². The van der Waals surface area contributed by atoms with Crippen molar-refractivity contribution in [1.82, 2.24) is 10.6 Å². The van der Waals surface area contributed by atoms with Crippen LogP contribution in [-0.4, -0.2) is 43.5 Å². The van der Waals surface area contributed by atoms with Crippen molar-refractivity contribution in [1.29, 1.82) is 0 Å². The number of methoxy groups -OCH3 is 1. The third-order valence-electron chi connectivity index (χ3n) is 3.83. The molecule has 148 valence electrons. The van der Waals surface area contributed by atoms with Gasteiger partial charge in [0.15, 0.2) is 0 Å². The van der Waals surface area contributed by atoms with Crippen molar-refractivity contribution < 1.29 is 24.0 Å². The highest BCUT2D eigenvalue weighted by atomic mass is 16.6. The van der Waals surface area contributed by atoms with Gasteiger partial charge < -0.3 is 20.1 Å². The van der Waals surface area contributed by atoms with Crippen molar-refractivity contribution in [3.05, 3.63) is 63.7 Å². The first-order chi connectivity index (χ1) is 13.4. The van der Waals surface area contributed by atoms with E-state index in [4.69, 9.17) is 9.47 Å². The van der Waals surface area contributed by atoms with Crippen LogP contribution in [0.25, 0.3) is 0 Å². The number of carbonyl (C=O) groups excluding carboxylic acids is 2. The van der Waals surface area contributed by atoms with Crippen LogP contribution >= 0.6 is 0 Å². The van der Waals surface area contributed by atoms with Gasteiger partial charge in [0.25, 0.3) is 11.6 Å². The van der Waals surface area contributed by atoms with E-state index in [9.17, 15) is 19.7 Å². The summed E-state index contributed by atoms with van der Waals surface area (Å²) in [5.74, 6) is 0.403. The van der Waals surface area contributed by atoms with Crippen molar-refractivity contribution >= 4 is 17.5 Å². The fraction of sp³-hybridized carbons (Fsp3) is 0.263. The fourth-order valence-electron chi connectivity index (χ4n) is 2.30. The Hall–Kier alpha value is -3.62. The molecule has 0 aliphatic rings. The first-order valence-corrected chi connectivity index (χ1v) is 8.47. The number of aryl methyl sites for hydroxylation is 1. The Morgan fingerprint density at radius 1 is 1.07 bits per heavy atom. The maximum atomic E-state index is 12.1. The molecular weight excluding hydrogens is 366 g/mol. The first-order valence-electron chi connectivity index (χ1n) is 8.47. The number of hydrogen-bond acceptors (Lipinski definition) is 6. The van der Waals surface area contributed by atoms with Crippen molar-refractivity contribution in [3.8, 4) is 11.5 Å². The highest BCUT2D eigenvalue weighted by Gasteiger charge is 2.15. The molecule has 28 heavy (non-hydrogen) atoms. The van der Waals surface area contributed by atoms with Crippen LogP contribution < -0.4 is 20.1 Å². The number of ether oxygens (including phenoxy) is 2. The molecule has 0 aliphatic carbocycles. The van der Waals surface area contributed by atoms with Gasteiger partial charge in [0, 0.05) is 17.2 Å². The van der Waals surface area contributed by atoms with Crippen LogP contribution in [0.4, 0.5) is 5.69 Å². The van der Waals surface area contributed by atoms with Crippen molar-refractivity contribution in [2.24, 2.45) is 0 Å². The van der Waals surface area contributed by atoms with Crippen molar-refractivity contribution in [2.75, 3.05) is 26.8 Å². The number of nitrogens with zero attached hydrogens (tertiary/aromatic N) is 1. The minimum absolute atomic E-state index is 0.118. The molecule has 0 aliphatic heterocycles. The van der Waals surface area contributed by atoms with E-state index in [1.165, 1.54) is 18.2 Å². The predicted octanol–water partition coefficient (Wildman–Crippen LogP) is 1.84. The number of benzene rings is 2. The predicted molar refractivity (Wildman–Crippen MR) is 102 cm³/mol. The number of nitrogens with one attached hydrogen (secondary N) is 2. The first kappa shape index (κ1) is 20.7. The van der Waals surface area contributed by atoms with Gasteiger partial charge in [-0.15, -0.1) is 0 Å². The van der Waals surface area contributed by atoms with Gasteiger partial charge >= 0.3 is 0 Å². The largest absolute Gasteiger partial charge is 0.497 e. The molecule has 0 atom stereocenters. The van der Waals surface area contributed by atoms with Crippen LogP contribution in [-0.2, 0) is 4.79 Å². The van der Waals surface area contributed by atoms with Crippen LogP contribution in [0.1, 0.15) is 15.9 Å². The van der Waals surface area contributed by atoms with Gasteiger partial charge in [-0.2, -0.15) is 0 Å². The van der Waals surface area contributed by atoms with E-state index in [-0.39, 0.29) is 30.9 Å². The Morgan fingerprint density at radius 2 is 1.75 bits per heavy atom. The standard InChI is InChI=1S/C19H21N3O6/c1-13-3-4-14(11-17(13)22(25)26)19(24)21-12-18(23)20-9-10-28-16-7-5-15(27-2)6-8-16/h3-8,11H,9-10,12H2,1-2H3,(H,20,23)(H,21,24). The molecule has 0 aromatic heterocycles. The van der Waals surface area contributed by atoms with Gasteiger partial charge in [-0.1, -0.05) is 6.07 Å². The zero-order chi connectivity index (χ0) is 20.5. The van der Waals surface area contributed by atoms with Gasteiger partial charge in [-0.3, -0.25) is 19.7 Å². The number of carbonyl (C=O) groups is 2. The van der Waals surface area contributed by atoms with E-state index in [2.05, 4.69) is 10.6 Å². The van der Waals surface area contributed by atoms with Gasteiger partial charge in [-0.25, -0.2) is 0 Å². The lowest BCUT2D eigenvalue weighted by Gasteiger charge is -2.09. The lowest BCUT2D eigenvalue weighted by molar-refractivity contribution is -0.385. The molecule has 2 aromatic carbocycles. The van der Waals surface area contributed by atoms with Crippen LogP contribution in [0, 0.1) is 17.0 Å². The normalized spacial score (nSPS) is 10.1. The maximum Gasteiger partial charge on any atom is 0.273 e. The SMILES string of the molecule is COc1ccc(OCCNC(=O)CNC(=O)c2ccc(C)c([N+](=O)[O-])c2)cc1. The summed E-state index contributed by atoms with van der Waals surface area (Å²) < 4.78 is 10.5.